The van der Waals surface area contributed by atoms with Gasteiger partial charge in [0.15, 0.2) is 0 Å². The van der Waals surface area contributed by atoms with Crippen molar-refractivity contribution in [2.45, 2.75) is 4.90 Å². The molecule has 0 radical (unpaired) electrons. The van der Waals surface area contributed by atoms with Crippen LogP contribution in [0.4, 0.5) is 0 Å². The summed E-state index contributed by atoms with van der Waals surface area (Å²) in [6, 6.07) is 1.44. The third kappa shape index (κ3) is 2.07. The van der Waals surface area contributed by atoms with E-state index in [-0.39, 0.29) is 18.0 Å². The van der Waals surface area contributed by atoms with Crippen molar-refractivity contribution in [3.63, 3.8) is 0 Å². The molecule has 0 aliphatic rings. The molecular weight excluding hydrogens is 180 g/mol. The first-order valence-electron chi connectivity index (χ1n) is 3.40. The number of hydrogen-bond acceptors (Lipinski definition) is 3. The molecule has 0 aliphatic carbocycles. The van der Waals surface area contributed by atoms with Gasteiger partial charge in [0.1, 0.15) is 0 Å². The van der Waals surface area contributed by atoms with E-state index in [1.165, 1.54) is 18.5 Å². The topological polar surface area (TPSA) is 82.2 Å². The highest BCUT2D eigenvalue weighted by molar-refractivity contribution is 7.89. The molecule has 1 aromatic rings. The Morgan fingerprint density at radius 3 is 2.83 bits per heavy atom. The Kier molecular flexibility index (Phi) is 2.85. The van der Waals surface area contributed by atoms with E-state index < -0.39 is 10.0 Å². The fourth-order valence-corrected chi connectivity index (χ4v) is 1.74. The summed E-state index contributed by atoms with van der Waals surface area (Å²) in [5.74, 6) is 0. The summed E-state index contributed by atoms with van der Waals surface area (Å²) >= 11 is 0. The van der Waals surface area contributed by atoms with Gasteiger partial charge in [0, 0.05) is 18.9 Å². The molecule has 1 heterocycles. The van der Waals surface area contributed by atoms with E-state index in [0.717, 1.165) is 0 Å². The molecule has 0 atom stereocenters. The van der Waals surface area contributed by atoms with Crippen molar-refractivity contribution in [2.24, 2.45) is 0 Å². The maximum atomic E-state index is 11.2. The molecule has 5 nitrogen and oxygen atoms in total. The van der Waals surface area contributed by atoms with E-state index in [1.54, 1.807) is 0 Å². The zero-order valence-corrected chi connectivity index (χ0v) is 7.13. The first kappa shape index (κ1) is 9.24. The average Bonchev–Trinajstić information content (AvgIpc) is 2.53. The monoisotopic (exact) mass is 190 g/mol. The molecule has 0 amide bonds. The molecule has 1 aromatic heterocycles. The van der Waals surface area contributed by atoms with E-state index in [2.05, 4.69) is 9.71 Å². The summed E-state index contributed by atoms with van der Waals surface area (Å²) in [6.07, 6.45) is 2.90. The fraction of sp³-hybridized carbons (Fsp3) is 0.333. The molecule has 0 bridgehead atoms. The lowest BCUT2D eigenvalue weighted by Gasteiger charge is -2.01. The van der Waals surface area contributed by atoms with Crippen LogP contribution in [-0.4, -0.2) is 31.7 Å². The maximum absolute atomic E-state index is 11.2. The largest absolute Gasteiger partial charge is 0.395 e. The summed E-state index contributed by atoms with van der Waals surface area (Å²) in [6.45, 7) is -0.169. The van der Waals surface area contributed by atoms with E-state index in [9.17, 15) is 8.42 Å². The number of sulfonamides is 1. The molecule has 0 aliphatic heterocycles. The molecule has 3 N–H and O–H groups in total. The van der Waals surface area contributed by atoms with E-state index in [1.807, 2.05) is 0 Å². The lowest BCUT2D eigenvalue weighted by molar-refractivity contribution is 0.301. The van der Waals surface area contributed by atoms with Crippen molar-refractivity contribution in [2.75, 3.05) is 13.2 Å². The number of aromatic nitrogens is 1. The van der Waals surface area contributed by atoms with Crippen LogP contribution in [0.2, 0.25) is 0 Å². The number of aliphatic hydroxyl groups excluding tert-OH is 1. The third-order valence-electron chi connectivity index (χ3n) is 1.28. The fourth-order valence-electron chi connectivity index (χ4n) is 0.739. The van der Waals surface area contributed by atoms with Crippen LogP contribution >= 0.6 is 0 Å². The summed E-state index contributed by atoms with van der Waals surface area (Å²) < 4.78 is 24.6. The molecule has 68 valence electrons. The van der Waals surface area contributed by atoms with Crippen LogP contribution in [0, 0.1) is 0 Å². The minimum absolute atomic E-state index is 0.0352. The van der Waals surface area contributed by atoms with Crippen LogP contribution in [-0.2, 0) is 10.0 Å². The van der Waals surface area contributed by atoms with Gasteiger partial charge in [0.25, 0.3) is 0 Å². The van der Waals surface area contributed by atoms with Gasteiger partial charge in [-0.05, 0) is 6.07 Å². The molecule has 0 saturated carbocycles. The van der Waals surface area contributed by atoms with Gasteiger partial charge in [0.2, 0.25) is 10.0 Å². The molecule has 6 heteroatoms. The number of nitrogens with one attached hydrogen (secondary N) is 2. The van der Waals surface area contributed by atoms with Crippen LogP contribution in [0.5, 0.6) is 0 Å². The lowest BCUT2D eigenvalue weighted by Crippen LogP contribution is -2.26. The molecule has 0 aromatic carbocycles. The van der Waals surface area contributed by atoms with Crippen LogP contribution in [0.25, 0.3) is 0 Å². The summed E-state index contributed by atoms with van der Waals surface area (Å²) in [4.78, 5) is 2.81. The molecule has 0 saturated heterocycles. The SMILES string of the molecule is O=S(=O)(NCCO)c1cc[nH]c1. The minimum atomic E-state index is -3.42. The first-order chi connectivity index (χ1) is 5.67. The number of H-pyrrole nitrogens is 1. The van der Waals surface area contributed by atoms with Crippen molar-refractivity contribution in [1.82, 2.24) is 9.71 Å². The molecule has 1 rings (SSSR count). The van der Waals surface area contributed by atoms with Gasteiger partial charge in [-0.1, -0.05) is 0 Å². The number of rotatable bonds is 4. The Bertz CT molecular complexity index is 317. The highest BCUT2D eigenvalue weighted by atomic mass is 32.2. The Morgan fingerprint density at radius 1 is 1.58 bits per heavy atom. The molecule has 0 spiro atoms. The zero-order chi connectivity index (χ0) is 9.03. The van der Waals surface area contributed by atoms with Gasteiger partial charge in [-0.25, -0.2) is 13.1 Å². The highest BCUT2D eigenvalue weighted by Gasteiger charge is 2.12. The van der Waals surface area contributed by atoms with Crippen molar-refractivity contribution < 1.29 is 13.5 Å². The number of aromatic amines is 1. The van der Waals surface area contributed by atoms with Crippen molar-refractivity contribution >= 4 is 10.0 Å². The Morgan fingerprint density at radius 2 is 2.33 bits per heavy atom. The predicted molar refractivity (Wildman–Crippen MR) is 43.1 cm³/mol. The predicted octanol–water partition coefficient (Wildman–Crippen LogP) is -0.715. The van der Waals surface area contributed by atoms with Crippen molar-refractivity contribution in [3.8, 4) is 0 Å². The Hall–Kier alpha value is -0.850. The quantitative estimate of drug-likeness (QED) is 0.586. The van der Waals surface area contributed by atoms with Gasteiger partial charge in [-0.2, -0.15) is 0 Å². The van der Waals surface area contributed by atoms with Crippen LogP contribution in [0.15, 0.2) is 23.4 Å². The standard InChI is InChI=1S/C6H10N2O3S/c9-4-3-8-12(10,11)6-1-2-7-5-6/h1-2,5,7-9H,3-4H2. The van der Waals surface area contributed by atoms with Crippen molar-refractivity contribution in [3.05, 3.63) is 18.5 Å². The average molecular weight is 190 g/mol. The van der Waals surface area contributed by atoms with Gasteiger partial charge >= 0.3 is 0 Å². The molecule has 0 unspecified atom stereocenters. The molecule has 0 fully saturated rings. The minimum Gasteiger partial charge on any atom is -0.395 e. The first-order valence-corrected chi connectivity index (χ1v) is 4.88. The van der Waals surface area contributed by atoms with Crippen LogP contribution < -0.4 is 4.72 Å². The van der Waals surface area contributed by atoms with Crippen LogP contribution in [0.1, 0.15) is 0 Å². The number of aliphatic hydroxyl groups is 1. The second-order valence-electron chi connectivity index (χ2n) is 2.17. The van der Waals surface area contributed by atoms with Gasteiger partial charge in [-0.15, -0.1) is 0 Å². The van der Waals surface area contributed by atoms with Crippen LogP contribution in [0.3, 0.4) is 0 Å². The van der Waals surface area contributed by atoms with Crippen molar-refractivity contribution in [1.29, 1.82) is 0 Å². The second-order valence-corrected chi connectivity index (χ2v) is 3.94. The number of hydrogen-bond donors (Lipinski definition) is 3. The molecule has 12 heavy (non-hydrogen) atoms. The summed E-state index contributed by atoms with van der Waals surface area (Å²) in [5.41, 5.74) is 0. The lowest BCUT2D eigenvalue weighted by atomic mass is 10.7. The Balaban J connectivity index is 2.74. The van der Waals surface area contributed by atoms with Gasteiger partial charge in [-0.3, -0.25) is 0 Å². The Labute approximate surface area is 70.5 Å². The van der Waals surface area contributed by atoms with E-state index in [0.29, 0.717) is 0 Å². The normalized spacial score (nSPS) is 11.8. The van der Waals surface area contributed by atoms with Gasteiger partial charge < -0.3 is 10.1 Å². The summed E-state index contributed by atoms with van der Waals surface area (Å²) in [7, 11) is -3.42. The van der Waals surface area contributed by atoms with Gasteiger partial charge in [0.05, 0.1) is 11.5 Å². The second kappa shape index (κ2) is 3.70. The molecular formula is C6H10N2O3S. The van der Waals surface area contributed by atoms with E-state index >= 15 is 0 Å². The summed E-state index contributed by atoms with van der Waals surface area (Å²) in [5, 5.41) is 8.39. The van der Waals surface area contributed by atoms with E-state index in [4.69, 9.17) is 5.11 Å². The third-order valence-corrected chi connectivity index (χ3v) is 2.74. The maximum Gasteiger partial charge on any atom is 0.242 e. The highest BCUT2D eigenvalue weighted by Crippen LogP contribution is 2.04. The zero-order valence-electron chi connectivity index (χ0n) is 6.32. The smallest absolute Gasteiger partial charge is 0.242 e.